The first-order valence-electron chi connectivity index (χ1n) is 13.7. The molecule has 3 atom stereocenters. The third kappa shape index (κ3) is 6.74. The number of carbonyl (C=O) groups is 1. The second-order valence-corrected chi connectivity index (χ2v) is 11.1. The molecule has 4 rings (SSSR count). The van der Waals surface area contributed by atoms with Gasteiger partial charge in [0.25, 0.3) is 0 Å². The Bertz CT molecular complexity index is 701. The quantitative estimate of drug-likeness (QED) is 0.441. The lowest BCUT2D eigenvalue weighted by atomic mass is 9.70. The highest BCUT2D eigenvalue weighted by atomic mass is 16.5. The van der Waals surface area contributed by atoms with Crippen molar-refractivity contribution in [3.8, 4) is 5.75 Å². The topological polar surface area (TPSA) is 49.8 Å². The predicted octanol–water partition coefficient (Wildman–Crippen LogP) is 6.88. The van der Waals surface area contributed by atoms with Crippen molar-refractivity contribution in [1.29, 1.82) is 0 Å². The number of aliphatic carboxylic acids is 1. The minimum atomic E-state index is -0.648. The van der Waals surface area contributed by atoms with Crippen LogP contribution in [0.4, 0.5) is 0 Å². The fourth-order valence-electron chi connectivity index (χ4n) is 7.19. The molecule has 0 bridgehead atoms. The van der Waals surface area contributed by atoms with Crippen molar-refractivity contribution in [3.05, 3.63) is 29.8 Å². The molecule has 0 amide bonds. The van der Waals surface area contributed by atoms with Crippen LogP contribution in [0.2, 0.25) is 0 Å². The van der Waals surface area contributed by atoms with Gasteiger partial charge in [-0.15, -0.1) is 0 Å². The van der Waals surface area contributed by atoms with Crippen molar-refractivity contribution in [2.75, 3.05) is 20.2 Å². The van der Waals surface area contributed by atoms with E-state index in [0.717, 1.165) is 30.4 Å². The molecule has 33 heavy (non-hydrogen) atoms. The number of ether oxygens (including phenoxy) is 1. The maximum Gasteiger partial charge on any atom is 0.303 e. The summed E-state index contributed by atoms with van der Waals surface area (Å²) in [5, 5.41) is 9.73. The van der Waals surface area contributed by atoms with Crippen LogP contribution in [0.3, 0.4) is 0 Å². The SMILES string of the molecule is COc1ccc([C@@H]2[C@@H](CC(=O)O)CCC[C@H]2N(CC2CCCCC2)CC2CCCCC2)cc1. The summed E-state index contributed by atoms with van der Waals surface area (Å²) >= 11 is 0. The van der Waals surface area contributed by atoms with Gasteiger partial charge in [0.05, 0.1) is 7.11 Å². The Labute approximate surface area is 201 Å². The lowest BCUT2D eigenvalue weighted by Gasteiger charge is -2.47. The minimum absolute atomic E-state index is 0.217. The van der Waals surface area contributed by atoms with Crippen LogP contribution in [0.15, 0.2) is 24.3 Å². The standard InChI is InChI=1S/C29H45NO3/c1-33-26-17-15-24(16-18-26)29-25(19-28(31)32)13-8-14-27(29)30(20-22-9-4-2-5-10-22)21-23-11-6-3-7-12-23/h15-18,22-23,25,27,29H,2-14,19-21H2,1H3,(H,31,32)/t25-,27-,29-/m1/s1. The van der Waals surface area contributed by atoms with E-state index in [4.69, 9.17) is 4.74 Å². The highest BCUT2D eigenvalue weighted by Crippen LogP contribution is 2.44. The summed E-state index contributed by atoms with van der Waals surface area (Å²) in [5.74, 6) is 2.38. The molecule has 0 aliphatic heterocycles. The van der Waals surface area contributed by atoms with Gasteiger partial charge in [0.1, 0.15) is 5.75 Å². The average Bonchev–Trinajstić information content (AvgIpc) is 2.84. The first-order chi connectivity index (χ1) is 16.1. The van der Waals surface area contributed by atoms with Gasteiger partial charge in [0, 0.05) is 31.5 Å². The molecule has 0 heterocycles. The Balaban J connectivity index is 1.61. The highest BCUT2D eigenvalue weighted by molar-refractivity contribution is 5.67. The number of hydrogen-bond donors (Lipinski definition) is 1. The Hall–Kier alpha value is -1.55. The van der Waals surface area contributed by atoms with E-state index in [0.29, 0.717) is 12.0 Å². The molecule has 4 heteroatoms. The number of nitrogens with zero attached hydrogens (tertiary/aromatic N) is 1. The van der Waals surface area contributed by atoms with E-state index in [1.807, 2.05) is 0 Å². The molecule has 1 N–H and O–H groups in total. The van der Waals surface area contributed by atoms with E-state index in [-0.39, 0.29) is 12.3 Å². The second-order valence-electron chi connectivity index (χ2n) is 11.1. The summed E-state index contributed by atoms with van der Waals surface area (Å²) < 4.78 is 5.42. The molecule has 3 aliphatic rings. The number of methoxy groups -OCH3 is 1. The van der Waals surface area contributed by atoms with E-state index in [1.54, 1.807) is 7.11 Å². The van der Waals surface area contributed by atoms with Crippen LogP contribution in [0.1, 0.15) is 101 Å². The molecule has 0 radical (unpaired) electrons. The van der Waals surface area contributed by atoms with Crippen molar-refractivity contribution >= 4 is 5.97 Å². The maximum absolute atomic E-state index is 11.8. The van der Waals surface area contributed by atoms with Gasteiger partial charge in [0.2, 0.25) is 0 Å². The van der Waals surface area contributed by atoms with Crippen molar-refractivity contribution in [2.45, 2.75) is 102 Å². The van der Waals surface area contributed by atoms with E-state index >= 15 is 0 Å². The van der Waals surface area contributed by atoms with E-state index in [2.05, 4.69) is 29.2 Å². The number of carboxylic acid groups (broad SMARTS) is 1. The molecule has 4 nitrogen and oxygen atoms in total. The monoisotopic (exact) mass is 455 g/mol. The molecule has 1 aromatic carbocycles. The molecule has 0 aromatic heterocycles. The average molecular weight is 456 g/mol. The lowest BCUT2D eigenvalue weighted by Crippen LogP contribution is -2.48. The first-order valence-corrected chi connectivity index (χ1v) is 13.7. The molecule has 3 saturated carbocycles. The van der Waals surface area contributed by atoms with E-state index in [1.165, 1.54) is 89.3 Å². The van der Waals surface area contributed by atoms with Crippen molar-refractivity contribution in [3.63, 3.8) is 0 Å². The number of benzene rings is 1. The van der Waals surface area contributed by atoms with Gasteiger partial charge in [-0.1, -0.05) is 57.1 Å². The lowest BCUT2D eigenvalue weighted by molar-refractivity contribution is -0.138. The van der Waals surface area contributed by atoms with Crippen LogP contribution in [-0.4, -0.2) is 42.2 Å². The summed E-state index contributed by atoms with van der Waals surface area (Å²) in [6.45, 7) is 2.43. The fraction of sp³-hybridized carbons (Fsp3) is 0.759. The zero-order valence-electron chi connectivity index (χ0n) is 20.7. The summed E-state index contributed by atoms with van der Waals surface area (Å²) in [7, 11) is 1.71. The summed E-state index contributed by atoms with van der Waals surface area (Å²) in [6.07, 6.45) is 17.5. The van der Waals surface area contributed by atoms with Crippen LogP contribution < -0.4 is 4.74 Å². The fourth-order valence-corrected chi connectivity index (χ4v) is 7.19. The third-order valence-corrected chi connectivity index (χ3v) is 8.84. The predicted molar refractivity (Wildman–Crippen MR) is 134 cm³/mol. The van der Waals surface area contributed by atoms with Crippen LogP contribution in [0.5, 0.6) is 5.75 Å². The Morgan fingerprint density at radius 3 is 1.94 bits per heavy atom. The maximum atomic E-state index is 11.8. The molecule has 0 spiro atoms. The smallest absolute Gasteiger partial charge is 0.303 e. The van der Waals surface area contributed by atoms with Crippen molar-refractivity contribution in [2.24, 2.45) is 17.8 Å². The summed E-state index contributed by atoms with van der Waals surface area (Å²) in [5.41, 5.74) is 1.31. The van der Waals surface area contributed by atoms with Gasteiger partial charge in [0.15, 0.2) is 0 Å². The Morgan fingerprint density at radius 2 is 1.42 bits per heavy atom. The summed E-state index contributed by atoms with van der Waals surface area (Å²) in [6, 6.07) is 8.99. The van der Waals surface area contributed by atoms with Gasteiger partial charge in [-0.05, 0) is 74.0 Å². The molecular formula is C29H45NO3. The highest BCUT2D eigenvalue weighted by Gasteiger charge is 2.39. The molecular weight excluding hydrogens is 410 g/mol. The molecule has 3 fully saturated rings. The molecule has 3 aliphatic carbocycles. The van der Waals surface area contributed by atoms with Gasteiger partial charge in [-0.2, -0.15) is 0 Å². The molecule has 0 saturated heterocycles. The Kier molecular flexibility index (Phi) is 9.11. The van der Waals surface area contributed by atoms with Gasteiger partial charge in [-0.25, -0.2) is 0 Å². The van der Waals surface area contributed by atoms with Crippen LogP contribution in [-0.2, 0) is 4.79 Å². The van der Waals surface area contributed by atoms with Crippen molar-refractivity contribution in [1.82, 2.24) is 4.90 Å². The van der Waals surface area contributed by atoms with E-state index in [9.17, 15) is 9.90 Å². The zero-order valence-corrected chi connectivity index (χ0v) is 20.7. The third-order valence-electron chi connectivity index (χ3n) is 8.84. The van der Waals surface area contributed by atoms with Crippen molar-refractivity contribution < 1.29 is 14.6 Å². The second kappa shape index (κ2) is 12.2. The molecule has 0 unspecified atom stereocenters. The Morgan fingerprint density at radius 1 is 0.848 bits per heavy atom. The number of hydrogen-bond acceptors (Lipinski definition) is 3. The van der Waals surface area contributed by atoms with Crippen LogP contribution >= 0.6 is 0 Å². The largest absolute Gasteiger partial charge is 0.497 e. The van der Waals surface area contributed by atoms with E-state index < -0.39 is 5.97 Å². The number of carboxylic acids is 1. The van der Waals surface area contributed by atoms with Gasteiger partial charge in [-0.3, -0.25) is 9.69 Å². The van der Waals surface area contributed by atoms with Gasteiger partial charge >= 0.3 is 5.97 Å². The van der Waals surface area contributed by atoms with Crippen LogP contribution in [0.25, 0.3) is 0 Å². The first kappa shape index (κ1) is 24.6. The van der Waals surface area contributed by atoms with Crippen LogP contribution in [0, 0.1) is 17.8 Å². The summed E-state index contributed by atoms with van der Waals surface area (Å²) in [4.78, 5) is 14.7. The van der Waals surface area contributed by atoms with Gasteiger partial charge < -0.3 is 9.84 Å². The zero-order chi connectivity index (χ0) is 23.0. The number of rotatable bonds is 9. The molecule has 184 valence electrons. The molecule has 1 aromatic rings. The minimum Gasteiger partial charge on any atom is -0.497 e. The normalized spacial score (nSPS) is 27.5.